The van der Waals surface area contributed by atoms with Crippen LogP contribution in [0.5, 0.6) is 0 Å². The van der Waals surface area contributed by atoms with E-state index in [9.17, 15) is 4.79 Å². The van der Waals surface area contributed by atoms with E-state index in [1.807, 2.05) is 0 Å². The van der Waals surface area contributed by atoms with E-state index >= 15 is 0 Å². The molecule has 0 aliphatic carbocycles. The number of anilines is 1. The van der Waals surface area contributed by atoms with Gasteiger partial charge in [0.1, 0.15) is 12.0 Å². The molecule has 2 rings (SSSR count). The second kappa shape index (κ2) is 4.63. The molecule has 6 nitrogen and oxygen atoms in total. The van der Waals surface area contributed by atoms with Gasteiger partial charge in [0.2, 0.25) is 0 Å². The lowest BCUT2D eigenvalue weighted by atomic mass is 10.2. The van der Waals surface area contributed by atoms with Crippen molar-refractivity contribution >= 4 is 5.82 Å². The minimum Gasteiger partial charge on any atom is -0.396 e. The molecule has 88 valence electrons. The molecule has 0 radical (unpaired) electrons. The van der Waals surface area contributed by atoms with E-state index in [1.165, 1.54) is 4.57 Å². The fourth-order valence-corrected chi connectivity index (χ4v) is 1.89. The zero-order chi connectivity index (χ0) is 11.5. The minimum absolute atomic E-state index is 0.0273. The Kier molecular flexibility index (Phi) is 3.21. The molecule has 0 amide bonds. The van der Waals surface area contributed by atoms with Crippen LogP contribution in [0.1, 0.15) is 25.5 Å². The third kappa shape index (κ3) is 2.23. The van der Waals surface area contributed by atoms with Crippen LogP contribution in [-0.2, 0) is 4.74 Å². The number of ether oxygens (including phenoxy) is 1. The Morgan fingerprint density at radius 3 is 3.12 bits per heavy atom. The van der Waals surface area contributed by atoms with Crippen LogP contribution in [0.3, 0.4) is 0 Å². The normalized spacial score (nSPS) is 24.8. The summed E-state index contributed by atoms with van der Waals surface area (Å²) in [5.74, 6) is 0.214. The topological polar surface area (TPSA) is 90.4 Å². The summed E-state index contributed by atoms with van der Waals surface area (Å²) in [7, 11) is 0. The first kappa shape index (κ1) is 11.1. The van der Waals surface area contributed by atoms with Gasteiger partial charge in [0, 0.05) is 12.8 Å². The van der Waals surface area contributed by atoms with Gasteiger partial charge in [-0.3, -0.25) is 4.57 Å². The van der Waals surface area contributed by atoms with Gasteiger partial charge >= 0.3 is 5.69 Å². The molecule has 16 heavy (non-hydrogen) atoms. The molecule has 1 saturated heterocycles. The van der Waals surface area contributed by atoms with E-state index in [4.69, 9.17) is 15.6 Å². The highest BCUT2D eigenvalue weighted by molar-refractivity contribution is 5.23. The lowest BCUT2D eigenvalue weighted by Crippen LogP contribution is -2.27. The lowest BCUT2D eigenvalue weighted by molar-refractivity contribution is -0.0101. The Balaban J connectivity index is 2.11. The fourth-order valence-electron chi connectivity index (χ4n) is 1.89. The standard InChI is InChI=1S/C10H15N3O3/c11-8-3-5-13(10(15)12-8)9-2-1-7(16-9)4-6-14/h3,5,7,9,14H,1-2,4,6H2,(H2,11,12,15). The first-order valence-electron chi connectivity index (χ1n) is 5.31. The van der Waals surface area contributed by atoms with Gasteiger partial charge in [-0.05, 0) is 25.3 Å². The first-order valence-corrected chi connectivity index (χ1v) is 5.31. The Labute approximate surface area is 92.7 Å². The Bertz CT molecular complexity index is 418. The van der Waals surface area contributed by atoms with Crippen LogP contribution in [0.2, 0.25) is 0 Å². The predicted octanol–water partition coefficient (Wildman–Crippen LogP) is -0.115. The van der Waals surface area contributed by atoms with Crippen LogP contribution in [-0.4, -0.2) is 27.4 Å². The average molecular weight is 225 g/mol. The Morgan fingerprint density at radius 1 is 1.62 bits per heavy atom. The monoisotopic (exact) mass is 225 g/mol. The highest BCUT2D eigenvalue weighted by Crippen LogP contribution is 2.28. The largest absolute Gasteiger partial charge is 0.396 e. The SMILES string of the molecule is Nc1ccn(C2CCC(CCO)O2)c(=O)n1. The summed E-state index contributed by atoms with van der Waals surface area (Å²) in [6.07, 6.45) is 3.55. The molecule has 2 heterocycles. The zero-order valence-corrected chi connectivity index (χ0v) is 8.87. The van der Waals surface area contributed by atoms with Crippen molar-refractivity contribution in [1.82, 2.24) is 9.55 Å². The summed E-state index contributed by atoms with van der Waals surface area (Å²) in [6, 6.07) is 1.57. The van der Waals surface area contributed by atoms with E-state index in [1.54, 1.807) is 12.3 Å². The van der Waals surface area contributed by atoms with Crippen molar-refractivity contribution in [2.45, 2.75) is 31.6 Å². The van der Waals surface area contributed by atoms with Crippen molar-refractivity contribution in [2.24, 2.45) is 0 Å². The van der Waals surface area contributed by atoms with Crippen molar-refractivity contribution in [2.75, 3.05) is 12.3 Å². The Hall–Kier alpha value is -1.40. The van der Waals surface area contributed by atoms with Gasteiger partial charge in [-0.2, -0.15) is 4.98 Å². The molecule has 0 bridgehead atoms. The van der Waals surface area contributed by atoms with E-state index in [-0.39, 0.29) is 24.8 Å². The highest BCUT2D eigenvalue weighted by Gasteiger charge is 2.26. The highest BCUT2D eigenvalue weighted by atomic mass is 16.5. The molecular weight excluding hydrogens is 210 g/mol. The van der Waals surface area contributed by atoms with Crippen molar-refractivity contribution in [1.29, 1.82) is 0 Å². The van der Waals surface area contributed by atoms with Gasteiger partial charge in [-0.15, -0.1) is 0 Å². The van der Waals surface area contributed by atoms with Crippen molar-refractivity contribution in [3.63, 3.8) is 0 Å². The molecule has 1 aliphatic rings. The summed E-state index contributed by atoms with van der Waals surface area (Å²) >= 11 is 0. The van der Waals surface area contributed by atoms with Crippen LogP contribution < -0.4 is 11.4 Å². The average Bonchev–Trinajstić information content (AvgIpc) is 2.67. The van der Waals surface area contributed by atoms with E-state index in [0.717, 1.165) is 12.8 Å². The maximum absolute atomic E-state index is 11.5. The molecule has 6 heteroatoms. The number of nitrogens with two attached hydrogens (primary N) is 1. The first-order chi connectivity index (χ1) is 7.70. The number of aliphatic hydroxyl groups excluding tert-OH is 1. The molecule has 0 saturated carbocycles. The summed E-state index contributed by atoms with van der Waals surface area (Å²) in [5, 5.41) is 8.80. The second-order valence-corrected chi connectivity index (χ2v) is 3.84. The quantitative estimate of drug-likeness (QED) is 0.748. The number of rotatable bonds is 3. The van der Waals surface area contributed by atoms with Gasteiger partial charge in [0.05, 0.1) is 6.10 Å². The van der Waals surface area contributed by atoms with Gasteiger partial charge in [0.15, 0.2) is 0 Å². The number of aromatic nitrogens is 2. The van der Waals surface area contributed by atoms with Gasteiger partial charge in [-0.1, -0.05) is 0 Å². The lowest BCUT2D eigenvalue weighted by Gasteiger charge is -2.14. The van der Waals surface area contributed by atoms with Crippen LogP contribution in [0.4, 0.5) is 5.82 Å². The van der Waals surface area contributed by atoms with Gasteiger partial charge < -0.3 is 15.6 Å². The summed E-state index contributed by atoms with van der Waals surface area (Å²) < 4.78 is 7.07. The van der Waals surface area contributed by atoms with E-state index in [2.05, 4.69) is 4.98 Å². The number of hydrogen-bond donors (Lipinski definition) is 2. The summed E-state index contributed by atoms with van der Waals surface area (Å²) in [6.45, 7) is 0.103. The van der Waals surface area contributed by atoms with E-state index < -0.39 is 5.69 Å². The second-order valence-electron chi connectivity index (χ2n) is 3.84. The van der Waals surface area contributed by atoms with E-state index in [0.29, 0.717) is 6.42 Å². The summed E-state index contributed by atoms with van der Waals surface area (Å²) in [5.41, 5.74) is 5.01. The zero-order valence-electron chi connectivity index (χ0n) is 8.87. The van der Waals surface area contributed by atoms with Crippen molar-refractivity contribution in [3.05, 3.63) is 22.7 Å². The maximum Gasteiger partial charge on any atom is 0.351 e. The number of aliphatic hydroxyl groups is 1. The molecule has 1 fully saturated rings. The predicted molar refractivity (Wildman–Crippen MR) is 57.8 cm³/mol. The van der Waals surface area contributed by atoms with Crippen molar-refractivity contribution < 1.29 is 9.84 Å². The van der Waals surface area contributed by atoms with Gasteiger partial charge in [-0.25, -0.2) is 4.79 Å². The smallest absolute Gasteiger partial charge is 0.351 e. The molecule has 1 aliphatic heterocycles. The molecule has 0 aromatic carbocycles. The minimum atomic E-state index is -0.394. The molecule has 1 aromatic rings. The van der Waals surface area contributed by atoms with Crippen LogP contribution in [0, 0.1) is 0 Å². The molecule has 2 unspecified atom stereocenters. The molecule has 2 atom stereocenters. The molecule has 0 spiro atoms. The maximum atomic E-state index is 11.5. The fraction of sp³-hybridized carbons (Fsp3) is 0.600. The Morgan fingerprint density at radius 2 is 2.44 bits per heavy atom. The molecule has 3 N–H and O–H groups in total. The third-order valence-electron chi connectivity index (χ3n) is 2.70. The van der Waals surface area contributed by atoms with Gasteiger partial charge in [0.25, 0.3) is 0 Å². The van der Waals surface area contributed by atoms with Crippen LogP contribution >= 0.6 is 0 Å². The van der Waals surface area contributed by atoms with Crippen molar-refractivity contribution in [3.8, 4) is 0 Å². The van der Waals surface area contributed by atoms with Crippen LogP contribution in [0.15, 0.2) is 17.1 Å². The number of nitrogen functional groups attached to an aromatic ring is 1. The third-order valence-corrected chi connectivity index (χ3v) is 2.70. The van der Waals surface area contributed by atoms with Crippen LogP contribution in [0.25, 0.3) is 0 Å². The summed E-state index contributed by atoms with van der Waals surface area (Å²) in [4.78, 5) is 15.2. The molecule has 1 aromatic heterocycles. The number of hydrogen-bond acceptors (Lipinski definition) is 5. The molecular formula is C10H15N3O3. The number of nitrogens with zero attached hydrogens (tertiary/aromatic N) is 2.